The van der Waals surface area contributed by atoms with Gasteiger partial charge in [-0.3, -0.25) is 0 Å². The molecule has 3 nitrogen and oxygen atoms in total. The van der Waals surface area contributed by atoms with Gasteiger partial charge in [-0.05, 0) is 25.1 Å². The maximum absolute atomic E-state index is 13.3. The average molecular weight is 266 g/mol. The van der Waals surface area contributed by atoms with Crippen LogP contribution in [-0.4, -0.2) is 19.1 Å². The van der Waals surface area contributed by atoms with E-state index in [1.54, 1.807) is 24.5 Å². The molecule has 0 saturated carbocycles. The summed E-state index contributed by atoms with van der Waals surface area (Å²) in [6.45, 7) is 2.01. The first kappa shape index (κ1) is 12.8. The van der Waals surface area contributed by atoms with Crippen LogP contribution in [0.2, 0.25) is 0 Å². The van der Waals surface area contributed by atoms with E-state index in [4.69, 9.17) is 4.74 Å². The van der Waals surface area contributed by atoms with Gasteiger partial charge in [-0.2, -0.15) is 0 Å². The highest BCUT2D eigenvalue weighted by atomic mass is 32.1. The third-order valence-electron chi connectivity index (χ3n) is 2.71. The molecule has 1 aromatic heterocycles. The number of nitrogens with zero attached hydrogens (tertiary/aromatic N) is 1. The SMILES string of the molecule is CNc1nc(Cc2cc(F)ccc2OC)c(C)s1. The summed E-state index contributed by atoms with van der Waals surface area (Å²) < 4.78 is 18.5. The number of methoxy groups -OCH3 is 1. The molecule has 0 aliphatic rings. The number of hydrogen-bond donors (Lipinski definition) is 1. The molecular formula is C13H15FN2OS. The van der Waals surface area contributed by atoms with E-state index in [9.17, 15) is 4.39 Å². The van der Waals surface area contributed by atoms with Crippen molar-refractivity contribution in [2.24, 2.45) is 0 Å². The fraction of sp³-hybridized carbons (Fsp3) is 0.308. The molecule has 2 aromatic rings. The molecule has 1 aromatic carbocycles. The van der Waals surface area contributed by atoms with Crippen LogP contribution in [0.4, 0.5) is 9.52 Å². The van der Waals surface area contributed by atoms with Crippen LogP contribution in [-0.2, 0) is 6.42 Å². The summed E-state index contributed by atoms with van der Waals surface area (Å²) >= 11 is 1.59. The Bertz CT molecular complexity index is 554. The van der Waals surface area contributed by atoms with Crippen LogP contribution in [0.15, 0.2) is 18.2 Å². The molecule has 0 radical (unpaired) electrons. The maximum atomic E-state index is 13.3. The van der Waals surface area contributed by atoms with Crippen molar-refractivity contribution in [3.63, 3.8) is 0 Å². The average Bonchev–Trinajstić information content (AvgIpc) is 2.71. The molecule has 5 heteroatoms. The number of hydrogen-bond acceptors (Lipinski definition) is 4. The number of aromatic nitrogens is 1. The van der Waals surface area contributed by atoms with Crippen molar-refractivity contribution in [2.45, 2.75) is 13.3 Å². The molecule has 0 spiro atoms. The van der Waals surface area contributed by atoms with Crippen molar-refractivity contribution in [3.05, 3.63) is 40.2 Å². The fourth-order valence-corrected chi connectivity index (χ4v) is 2.55. The molecule has 0 bridgehead atoms. The number of benzene rings is 1. The summed E-state index contributed by atoms with van der Waals surface area (Å²) in [5, 5.41) is 3.89. The number of aryl methyl sites for hydroxylation is 1. The Hall–Kier alpha value is -1.62. The molecule has 0 aliphatic carbocycles. The van der Waals surface area contributed by atoms with Crippen molar-refractivity contribution in [1.82, 2.24) is 4.98 Å². The summed E-state index contributed by atoms with van der Waals surface area (Å²) in [6, 6.07) is 4.54. The van der Waals surface area contributed by atoms with E-state index in [1.807, 2.05) is 14.0 Å². The monoisotopic (exact) mass is 266 g/mol. The molecular weight excluding hydrogens is 251 g/mol. The Kier molecular flexibility index (Phi) is 3.81. The number of halogens is 1. The molecule has 1 heterocycles. The van der Waals surface area contributed by atoms with E-state index in [2.05, 4.69) is 10.3 Å². The summed E-state index contributed by atoms with van der Waals surface area (Å²) in [5.41, 5.74) is 1.77. The Labute approximate surface area is 110 Å². The second kappa shape index (κ2) is 5.35. The van der Waals surface area contributed by atoms with Gasteiger partial charge in [0.05, 0.1) is 12.8 Å². The van der Waals surface area contributed by atoms with E-state index < -0.39 is 0 Å². The van der Waals surface area contributed by atoms with Crippen LogP contribution in [0.25, 0.3) is 0 Å². The highest BCUT2D eigenvalue weighted by Gasteiger charge is 2.11. The zero-order valence-electron chi connectivity index (χ0n) is 10.6. The van der Waals surface area contributed by atoms with Crippen LogP contribution >= 0.6 is 11.3 Å². The first-order valence-corrected chi connectivity index (χ1v) is 6.42. The van der Waals surface area contributed by atoms with Crippen LogP contribution in [0.5, 0.6) is 5.75 Å². The standard InChI is InChI=1S/C13H15FN2OS/c1-8-11(16-13(15-2)18-8)7-9-6-10(14)4-5-12(9)17-3/h4-6H,7H2,1-3H3,(H,15,16). The van der Waals surface area contributed by atoms with Gasteiger partial charge >= 0.3 is 0 Å². The number of thiazole rings is 1. The lowest BCUT2D eigenvalue weighted by Crippen LogP contribution is -1.97. The van der Waals surface area contributed by atoms with E-state index in [-0.39, 0.29) is 5.82 Å². The van der Waals surface area contributed by atoms with Gasteiger partial charge < -0.3 is 10.1 Å². The second-order valence-corrected chi connectivity index (χ2v) is 5.11. The number of rotatable bonds is 4. The predicted molar refractivity (Wildman–Crippen MR) is 72.2 cm³/mol. The lowest BCUT2D eigenvalue weighted by atomic mass is 10.1. The van der Waals surface area contributed by atoms with Crippen molar-refractivity contribution in [3.8, 4) is 5.75 Å². The zero-order valence-corrected chi connectivity index (χ0v) is 11.4. The van der Waals surface area contributed by atoms with Gasteiger partial charge in [0.25, 0.3) is 0 Å². The Morgan fingerprint density at radius 2 is 2.22 bits per heavy atom. The van der Waals surface area contributed by atoms with Crippen molar-refractivity contribution in [2.75, 3.05) is 19.5 Å². The Balaban J connectivity index is 2.32. The van der Waals surface area contributed by atoms with Gasteiger partial charge in [-0.15, -0.1) is 11.3 Å². The third-order valence-corrected chi connectivity index (χ3v) is 3.74. The van der Waals surface area contributed by atoms with Crippen molar-refractivity contribution < 1.29 is 9.13 Å². The first-order valence-electron chi connectivity index (χ1n) is 5.60. The smallest absolute Gasteiger partial charge is 0.182 e. The summed E-state index contributed by atoms with van der Waals surface area (Å²) in [7, 11) is 3.43. The zero-order chi connectivity index (χ0) is 13.1. The Morgan fingerprint density at radius 3 is 2.83 bits per heavy atom. The van der Waals surface area contributed by atoms with Crippen LogP contribution in [0.1, 0.15) is 16.1 Å². The van der Waals surface area contributed by atoms with E-state index in [1.165, 1.54) is 12.1 Å². The van der Waals surface area contributed by atoms with Crippen LogP contribution in [0, 0.1) is 12.7 Å². The highest BCUT2D eigenvalue weighted by Crippen LogP contribution is 2.27. The highest BCUT2D eigenvalue weighted by molar-refractivity contribution is 7.15. The van der Waals surface area contributed by atoms with Crippen LogP contribution in [0.3, 0.4) is 0 Å². The minimum Gasteiger partial charge on any atom is -0.496 e. The number of ether oxygens (including phenoxy) is 1. The fourth-order valence-electron chi connectivity index (χ4n) is 1.76. The summed E-state index contributed by atoms with van der Waals surface area (Å²) in [4.78, 5) is 5.59. The molecule has 0 unspecified atom stereocenters. The minimum atomic E-state index is -0.257. The van der Waals surface area contributed by atoms with Crippen molar-refractivity contribution in [1.29, 1.82) is 0 Å². The predicted octanol–water partition coefficient (Wildman–Crippen LogP) is 3.23. The largest absolute Gasteiger partial charge is 0.496 e. The maximum Gasteiger partial charge on any atom is 0.182 e. The molecule has 0 fully saturated rings. The van der Waals surface area contributed by atoms with Crippen molar-refractivity contribution >= 4 is 16.5 Å². The van der Waals surface area contributed by atoms with E-state index in [0.717, 1.165) is 21.3 Å². The lowest BCUT2D eigenvalue weighted by molar-refractivity contribution is 0.409. The quantitative estimate of drug-likeness (QED) is 0.922. The second-order valence-electron chi connectivity index (χ2n) is 3.90. The number of anilines is 1. The minimum absolute atomic E-state index is 0.257. The lowest BCUT2D eigenvalue weighted by Gasteiger charge is -2.07. The molecule has 18 heavy (non-hydrogen) atoms. The van der Waals surface area contributed by atoms with E-state index >= 15 is 0 Å². The van der Waals surface area contributed by atoms with Gasteiger partial charge in [-0.1, -0.05) is 0 Å². The number of nitrogens with one attached hydrogen (secondary N) is 1. The topological polar surface area (TPSA) is 34.2 Å². The van der Waals surface area contributed by atoms with Crippen LogP contribution < -0.4 is 10.1 Å². The molecule has 0 aliphatic heterocycles. The van der Waals surface area contributed by atoms with Gasteiger partial charge in [0.1, 0.15) is 11.6 Å². The van der Waals surface area contributed by atoms with Gasteiger partial charge in [0.2, 0.25) is 0 Å². The summed E-state index contributed by atoms with van der Waals surface area (Å²) in [6.07, 6.45) is 0.574. The molecule has 96 valence electrons. The van der Waals surface area contributed by atoms with Gasteiger partial charge in [0, 0.05) is 23.9 Å². The van der Waals surface area contributed by atoms with Gasteiger partial charge in [-0.25, -0.2) is 9.37 Å². The molecule has 0 saturated heterocycles. The molecule has 2 rings (SSSR count). The van der Waals surface area contributed by atoms with E-state index in [0.29, 0.717) is 12.2 Å². The van der Waals surface area contributed by atoms with Gasteiger partial charge in [0.15, 0.2) is 5.13 Å². The normalized spacial score (nSPS) is 10.4. The molecule has 0 amide bonds. The molecule has 0 atom stereocenters. The summed E-state index contributed by atoms with van der Waals surface area (Å²) in [5.74, 6) is 0.433. The molecule has 1 N–H and O–H groups in total. The Morgan fingerprint density at radius 1 is 1.44 bits per heavy atom. The third kappa shape index (κ3) is 2.61. The first-order chi connectivity index (χ1) is 8.63.